The minimum absolute atomic E-state index is 0.0260. The molecule has 0 N–H and O–H groups in total. The summed E-state index contributed by atoms with van der Waals surface area (Å²) in [7, 11) is 0. The van der Waals surface area contributed by atoms with Gasteiger partial charge in [0.15, 0.2) is 0 Å². The number of nitrogens with zero attached hydrogens (tertiary/aromatic N) is 4. The second kappa shape index (κ2) is 6.75. The van der Waals surface area contributed by atoms with Crippen LogP contribution in [0.1, 0.15) is 19.5 Å². The average molecular weight is 312 g/mol. The molecule has 3 rings (SSSR count). The zero-order chi connectivity index (χ0) is 16.2. The lowest BCUT2D eigenvalue weighted by molar-refractivity contribution is -0.137. The van der Waals surface area contributed by atoms with E-state index in [1.165, 1.54) is 0 Å². The van der Waals surface area contributed by atoms with Crippen molar-refractivity contribution in [2.45, 2.75) is 26.0 Å². The summed E-state index contributed by atoms with van der Waals surface area (Å²) in [5.41, 5.74) is 1.53. The summed E-state index contributed by atoms with van der Waals surface area (Å²) < 4.78 is 5.54. The van der Waals surface area contributed by atoms with Crippen molar-refractivity contribution in [2.24, 2.45) is 0 Å². The molecule has 0 radical (unpaired) electrons. The largest absolute Gasteiger partial charge is 0.375 e. The second-order valence-electron chi connectivity index (χ2n) is 5.71. The maximum absolute atomic E-state index is 12.3. The minimum atomic E-state index is -0.0260. The Morgan fingerprint density at radius 2 is 2.09 bits per heavy atom. The van der Waals surface area contributed by atoms with Crippen LogP contribution in [0.25, 0.3) is 11.8 Å². The molecule has 23 heavy (non-hydrogen) atoms. The van der Waals surface area contributed by atoms with Crippen LogP contribution in [0, 0.1) is 0 Å². The van der Waals surface area contributed by atoms with E-state index in [0.717, 1.165) is 5.69 Å². The van der Waals surface area contributed by atoms with Crippen molar-refractivity contribution in [3.05, 3.63) is 48.3 Å². The number of ether oxygens (including phenoxy) is 1. The predicted molar refractivity (Wildman–Crippen MR) is 87.0 cm³/mol. The Balaban J connectivity index is 1.68. The van der Waals surface area contributed by atoms with Crippen molar-refractivity contribution >= 4 is 12.0 Å². The number of hydrogen-bond acceptors (Lipinski definition) is 4. The molecule has 120 valence electrons. The van der Waals surface area contributed by atoms with Gasteiger partial charge in [-0.25, -0.2) is 0 Å². The molecule has 1 aliphatic rings. The van der Waals surface area contributed by atoms with E-state index >= 15 is 0 Å². The van der Waals surface area contributed by atoms with Crippen LogP contribution >= 0.6 is 0 Å². The number of rotatable bonds is 3. The van der Waals surface area contributed by atoms with E-state index in [2.05, 4.69) is 10.2 Å². The Bertz CT molecular complexity index is 696. The number of carbonyl (C=O) groups excluding carboxylic acids is 1. The van der Waals surface area contributed by atoms with E-state index in [9.17, 15) is 4.79 Å². The van der Waals surface area contributed by atoms with Crippen LogP contribution in [0.4, 0.5) is 0 Å². The fraction of sp³-hybridized carbons (Fsp3) is 0.353. The first-order chi connectivity index (χ1) is 11.1. The number of hydrogen-bond donors (Lipinski definition) is 0. The molecule has 2 aromatic rings. The first kappa shape index (κ1) is 15.4. The van der Waals surface area contributed by atoms with Crippen molar-refractivity contribution in [1.82, 2.24) is 19.9 Å². The molecule has 1 saturated heterocycles. The van der Waals surface area contributed by atoms with Gasteiger partial charge >= 0.3 is 0 Å². The smallest absolute Gasteiger partial charge is 0.247 e. The summed E-state index contributed by atoms with van der Waals surface area (Å²) in [6.07, 6.45) is 4.96. The van der Waals surface area contributed by atoms with Crippen LogP contribution in [-0.2, 0) is 9.53 Å². The van der Waals surface area contributed by atoms with Gasteiger partial charge < -0.3 is 9.64 Å². The highest BCUT2D eigenvalue weighted by molar-refractivity contribution is 5.91. The van der Waals surface area contributed by atoms with Gasteiger partial charge in [-0.05, 0) is 32.1 Å². The normalized spacial score (nSPS) is 21.7. The molecule has 1 aromatic heterocycles. The number of morpholine rings is 1. The van der Waals surface area contributed by atoms with Crippen molar-refractivity contribution in [3.63, 3.8) is 0 Å². The Hall–Kier alpha value is -2.47. The van der Waals surface area contributed by atoms with Gasteiger partial charge in [-0.15, -0.1) is 5.10 Å². The predicted octanol–water partition coefficient (Wildman–Crippen LogP) is 1.92. The molecule has 0 aliphatic carbocycles. The van der Waals surface area contributed by atoms with Gasteiger partial charge in [0.1, 0.15) is 5.69 Å². The zero-order valence-electron chi connectivity index (χ0n) is 13.3. The van der Waals surface area contributed by atoms with E-state index in [1.54, 1.807) is 23.1 Å². The Kier molecular flexibility index (Phi) is 4.52. The SMILES string of the molecule is C[C@@H]1CN(C(=O)/C=C/c2cnn(-c3ccccc3)n2)[C@H](C)CO1. The van der Waals surface area contributed by atoms with Crippen LogP contribution in [-0.4, -0.2) is 51.1 Å². The molecule has 0 saturated carbocycles. The Labute approximate surface area is 135 Å². The number of aromatic nitrogens is 3. The van der Waals surface area contributed by atoms with Crippen molar-refractivity contribution in [2.75, 3.05) is 13.2 Å². The van der Waals surface area contributed by atoms with E-state index < -0.39 is 0 Å². The fourth-order valence-corrected chi connectivity index (χ4v) is 2.50. The van der Waals surface area contributed by atoms with Crippen molar-refractivity contribution < 1.29 is 9.53 Å². The third-order valence-electron chi connectivity index (χ3n) is 3.78. The fourth-order valence-electron chi connectivity index (χ4n) is 2.50. The molecule has 0 unspecified atom stereocenters. The van der Waals surface area contributed by atoms with Crippen LogP contribution in [0.3, 0.4) is 0 Å². The van der Waals surface area contributed by atoms with Crippen LogP contribution in [0.15, 0.2) is 42.6 Å². The lowest BCUT2D eigenvalue weighted by Gasteiger charge is -2.36. The van der Waals surface area contributed by atoms with Crippen LogP contribution in [0.5, 0.6) is 0 Å². The maximum atomic E-state index is 12.3. The lowest BCUT2D eigenvalue weighted by Crippen LogP contribution is -2.49. The molecule has 0 spiro atoms. The highest BCUT2D eigenvalue weighted by atomic mass is 16.5. The zero-order valence-corrected chi connectivity index (χ0v) is 13.3. The molecule has 1 aliphatic heterocycles. The lowest BCUT2D eigenvalue weighted by atomic mass is 10.2. The van der Waals surface area contributed by atoms with Gasteiger partial charge in [0.2, 0.25) is 5.91 Å². The van der Waals surface area contributed by atoms with Gasteiger partial charge in [-0.1, -0.05) is 18.2 Å². The van der Waals surface area contributed by atoms with E-state index in [1.807, 2.05) is 49.1 Å². The Morgan fingerprint density at radius 1 is 1.30 bits per heavy atom. The molecule has 6 nitrogen and oxygen atoms in total. The molecule has 2 heterocycles. The number of para-hydroxylation sites is 1. The number of benzene rings is 1. The highest BCUT2D eigenvalue weighted by Crippen LogP contribution is 2.12. The molecule has 1 fully saturated rings. The summed E-state index contributed by atoms with van der Waals surface area (Å²) in [5, 5.41) is 8.57. The molecular formula is C17H20N4O2. The van der Waals surface area contributed by atoms with Crippen molar-refractivity contribution in [3.8, 4) is 5.69 Å². The molecule has 1 amide bonds. The molecular weight excluding hydrogens is 292 g/mol. The summed E-state index contributed by atoms with van der Waals surface area (Å²) in [6, 6.07) is 9.74. The number of amides is 1. The molecule has 0 bridgehead atoms. The van der Waals surface area contributed by atoms with Crippen LogP contribution < -0.4 is 0 Å². The summed E-state index contributed by atoms with van der Waals surface area (Å²) >= 11 is 0. The summed E-state index contributed by atoms with van der Waals surface area (Å²) in [5.74, 6) is -0.0260. The van der Waals surface area contributed by atoms with Gasteiger partial charge in [0.25, 0.3) is 0 Å². The first-order valence-corrected chi connectivity index (χ1v) is 7.71. The van der Waals surface area contributed by atoms with Crippen LogP contribution in [0.2, 0.25) is 0 Å². The molecule has 1 aromatic carbocycles. The Morgan fingerprint density at radius 3 is 2.87 bits per heavy atom. The minimum Gasteiger partial charge on any atom is -0.375 e. The second-order valence-corrected chi connectivity index (χ2v) is 5.71. The standard InChI is InChI=1S/C17H20N4O2/c1-13-12-23-14(2)11-20(13)17(22)9-8-15-10-18-21(19-15)16-6-4-3-5-7-16/h3-10,13-14H,11-12H2,1-2H3/b9-8+/t13-,14-/m1/s1. The summed E-state index contributed by atoms with van der Waals surface area (Å²) in [6.45, 7) is 5.15. The van der Waals surface area contributed by atoms with E-state index in [4.69, 9.17) is 4.74 Å². The van der Waals surface area contributed by atoms with Gasteiger partial charge in [-0.2, -0.15) is 9.90 Å². The molecule has 2 atom stereocenters. The van der Waals surface area contributed by atoms with E-state index in [-0.39, 0.29) is 18.1 Å². The third kappa shape index (κ3) is 3.65. The van der Waals surface area contributed by atoms with Gasteiger partial charge in [0, 0.05) is 12.6 Å². The number of carbonyl (C=O) groups is 1. The highest BCUT2D eigenvalue weighted by Gasteiger charge is 2.25. The van der Waals surface area contributed by atoms with Crippen molar-refractivity contribution in [1.29, 1.82) is 0 Å². The first-order valence-electron chi connectivity index (χ1n) is 7.71. The maximum Gasteiger partial charge on any atom is 0.247 e. The average Bonchev–Trinajstić information content (AvgIpc) is 3.05. The topological polar surface area (TPSA) is 60.2 Å². The monoisotopic (exact) mass is 312 g/mol. The van der Waals surface area contributed by atoms with Gasteiger partial charge in [0.05, 0.1) is 30.6 Å². The summed E-state index contributed by atoms with van der Waals surface area (Å²) in [4.78, 5) is 15.7. The third-order valence-corrected chi connectivity index (χ3v) is 3.78. The van der Waals surface area contributed by atoms with E-state index in [0.29, 0.717) is 18.8 Å². The van der Waals surface area contributed by atoms with Gasteiger partial charge in [-0.3, -0.25) is 4.79 Å². The quantitative estimate of drug-likeness (QED) is 0.812. The molecule has 6 heteroatoms.